The number of aromatic nitrogens is 1. The molecule has 100 valence electrons. The fraction of sp³-hybridized carbons (Fsp3) is 0.286. The molecule has 0 fully saturated rings. The van der Waals surface area contributed by atoms with Crippen molar-refractivity contribution in [1.82, 2.24) is 10.4 Å². The van der Waals surface area contributed by atoms with Gasteiger partial charge in [-0.1, -0.05) is 18.2 Å². The van der Waals surface area contributed by atoms with Crippen LogP contribution in [0.4, 0.5) is 5.69 Å². The molecular weight excluding hydrogens is 238 g/mol. The number of pyridine rings is 1. The van der Waals surface area contributed by atoms with Gasteiger partial charge in [-0.15, -0.1) is 0 Å². The molecule has 0 saturated heterocycles. The highest BCUT2D eigenvalue weighted by molar-refractivity contribution is 6.01. The standard InChI is InChI=1S/C14H19N5/c1-9(2)16-14(19-15)18-12-6-4-5-11-8-7-10(3)17-13(11)12/h4-9H,15H2,1-3H3,(H2,16,18,19). The van der Waals surface area contributed by atoms with Crippen LogP contribution in [0.2, 0.25) is 0 Å². The summed E-state index contributed by atoms with van der Waals surface area (Å²) >= 11 is 0. The third-order valence-corrected chi connectivity index (χ3v) is 2.64. The molecule has 1 aromatic carbocycles. The summed E-state index contributed by atoms with van der Waals surface area (Å²) < 4.78 is 0. The van der Waals surface area contributed by atoms with Crippen molar-refractivity contribution in [2.45, 2.75) is 26.8 Å². The maximum atomic E-state index is 5.48. The number of rotatable bonds is 2. The van der Waals surface area contributed by atoms with E-state index in [0.29, 0.717) is 5.96 Å². The summed E-state index contributed by atoms with van der Waals surface area (Å²) in [5.74, 6) is 6.01. The number of nitrogens with zero attached hydrogens (tertiary/aromatic N) is 2. The van der Waals surface area contributed by atoms with Crippen molar-refractivity contribution in [3.8, 4) is 0 Å². The third kappa shape index (κ3) is 3.20. The second kappa shape index (κ2) is 5.67. The van der Waals surface area contributed by atoms with Crippen molar-refractivity contribution in [3.05, 3.63) is 36.0 Å². The van der Waals surface area contributed by atoms with Gasteiger partial charge >= 0.3 is 0 Å². The first-order valence-corrected chi connectivity index (χ1v) is 6.28. The summed E-state index contributed by atoms with van der Waals surface area (Å²) in [4.78, 5) is 8.92. The molecule has 0 aliphatic rings. The summed E-state index contributed by atoms with van der Waals surface area (Å²) in [6.45, 7) is 5.95. The van der Waals surface area contributed by atoms with Crippen LogP contribution < -0.4 is 16.6 Å². The van der Waals surface area contributed by atoms with Gasteiger partial charge in [-0.25, -0.2) is 10.8 Å². The minimum Gasteiger partial charge on any atom is -0.323 e. The van der Waals surface area contributed by atoms with E-state index in [2.05, 4.69) is 26.8 Å². The Hall–Kier alpha value is -2.14. The Morgan fingerprint density at radius 1 is 1.26 bits per heavy atom. The first-order valence-electron chi connectivity index (χ1n) is 6.28. The number of para-hydroxylation sites is 1. The Morgan fingerprint density at radius 2 is 2.05 bits per heavy atom. The van der Waals surface area contributed by atoms with Gasteiger partial charge in [0.2, 0.25) is 5.96 Å². The molecule has 1 heterocycles. The van der Waals surface area contributed by atoms with Crippen LogP contribution >= 0.6 is 0 Å². The molecule has 0 atom stereocenters. The van der Waals surface area contributed by atoms with Gasteiger partial charge in [0.1, 0.15) is 0 Å². The fourth-order valence-corrected chi connectivity index (χ4v) is 1.84. The lowest BCUT2D eigenvalue weighted by Gasteiger charge is -2.12. The predicted octanol–water partition coefficient (Wildman–Crippen LogP) is 2.18. The monoisotopic (exact) mass is 257 g/mol. The summed E-state index contributed by atoms with van der Waals surface area (Å²) in [5.41, 5.74) is 5.35. The summed E-state index contributed by atoms with van der Waals surface area (Å²) in [5, 5.41) is 4.26. The number of fused-ring (bicyclic) bond motifs is 1. The smallest absolute Gasteiger partial charge is 0.210 e. The molecule has 5 heteroatoms. The van der Waals surface area contributed by atoms with Gasteiger partial charge in [0.05, 0.1) is 11.2 Å². The Kier molecular flexibility index (Phi) is 3.97. The molecule has 1 aromatic heterocycles. The van der Waals surface area contributed by atoms with Gasteiger partial charge in [-0.2, -0.15) is 0 Å². The van der Waals surface area contributed by atoms with Crippen LogP contribution in [-0.4, -0.2) is 17.0 Å². The van der Waals surface area contributed by atoms with Crippen LogP contribution in [-0.2, 0) is 0 Å². The lowest BCUT2D eigenvalue weighted by atomic mass is 10.2. The molecule has 5 nitrogen and oxygen atoms in total. The van der Waals surface area contributed by atoms with Gasteiger partial charge < -0.3 is 5.32 Å². The van der Waals surface area contributed by atoms with E-state index in [9.17, 15) is 0 Å². The van der Waals surface area contributed by atoms with Crippen LogP contribution in [0.3, 0.4) is 0 Å². The van der Waals surface area contributed by atoms with Crippen LogP contribution in [0.1, 0.15) is 19.5 Å². The van der Waals surface area contributed by atoms with E-state index in [0.717, 1.165) is 22.3 Å². The van der Waals surface area contributed by atoms with E-state index in [1.165, 1.54) is 0 Å². The van der Waals surface area contributed by atoms with Gasteiger partial charge in [0, 0.05) is 17.1 Å². The normalized spacial score (nSPS) is 11.9. The average molecular weight is 257 g/mol. The van der Waals surface area contributed by atoms with E-state index in [4.69, 9.17) is 5.84 Å². The second-order valence-corrected chi connectivity index (χ2v) is 4.67. The number of hydrazine groups is 1. The Labute approximate surface area is 112 Å². The van der Waals surface area contributed by atoms with Crippen molar-refractivity contribution in [3.63, 3.8) is 0 Å². The fourth-order valence-electron chi connectivity index (χ4n) is 1.84. The van der Waals surface area contributed by atoms with Gasteiger partial charge in [0.15, 0.2) is 0 Å². The Morgan fingerprint density at radius 3 is 2.74 bits per heavy atom. The topological polar surface area (TPSA) is 75.3 Å². The number of hydrogen-bond donors (Lipinski definition) is 3. The van der Waals surface area contributed by atoms with Gasteiger partial charge in [-0.3, -0.25) is 10.4 Å². The van der Waals surface area contributed by atoms with E-state index >= 15 is 0 Å². The number of hydrogen-bond acceptors (Lipinski definition) is 3. The van der Waals surface area contributed by atoms with Crippen molar-refractivity contribution in [2.75, 3.05) is 5.32 Å². The minimum absolute atomic E-state index is 0.156. The summed E-state index contributed by atoms with van der Waals surface area (Å²) in [6, 6.07) is 10.2. The van der Waals surface area contributed by atoms with Crippen LogP contribution in [0, 0.1) is 6.92 Å². The van der Waals surface area contributed by atoms with E-state index in [-0.39, 0.29) is 6.04 Å². The molecule has 0 spiro atoms. The molecule has 0 unspecified atom stereocenters. The highest BCUT2D eigenvalue weighted by Gasteiger charge is 2.05. The number of anilines is 1. The SMILES string of the molecule is Cc1ccc2cccc(NC(=NC(C)C)NN)c2n1. The number of nitrogens with two attached hydrogens (primary N) is 1. The quantitative estimate of drug-likeness (QED) is 0.333. The molecule has 2 rings (SSSR count). The molecule has 0 saturated carbocycles. The van der Waals surface area contributed by atoms with Crippen LogP contribution in [0.25, 0.3) is 10.9 Å². The first-order chi connectivity index (χ1) is 9.10. The number of guanidine groups is 1. The third-order valence-electron chi connectivity index (χ3n) is 2.64. The highest BCUT2D eigenvalue weighted by atomic mass is 15.3. The van der Waals surface area contributed by atoms with E-state index in [1.807, 2.05) is 45.0 Å². The molecule has 0 aliphatic heterocycles. The van der Waals surface area contributed by atoms with Gasteiger partial charge in [-0.05, 0) is 32.9 Å². The Balaban J connectivity index is 2.42. The van der Waals surface area contributed by atoms with Crippen molar-refractivity contribution < 1.29 is 0 Å². The van der Waals surface area contributed by atoms with E-state index in [1.54, 1.807) is 0 Å². The zero-order valence-electron chi connectivity index (χ0n) is 11.4. The molecule has 0 radical (unpaired) electrons. The average Bonchev–Trinajstić information content (AvgIpc) is 2.38. The van der Waals surface area contributed by atoms with E-state index < -0.39 is 0 Å². The lowest BCUT2D eigenvalue weighted by Crippen LogP contribution is -2.37. The second-order valence-electron chi connectivity index (χ2n) is 4.67. The summed E-state index contributed by atoms with van der Waals surface area (Å²) in [6.07, 6.45) is 0. The number of nitrogens with one attached hydrogen (secondary N) is 2. The molecule has 4 N–H and O–H groups in total. The van der Waals surface area contributed by atoms with Gasteiger partial charge in [0.25, 0.3) is 0 Å². The van der Waals surface area contributed by atoms with Crippen molar-refractivity contribution >= 4 is 22.5 Å². The molecule has 2 aromatic rings. The zero-order valence-corrected chi connectivity index (χ0v) is 11.4. The van der Waals surface area contributed by atoms with Crippen LogP contribution in [0.5, 0.6) is 0 Å². The number of aryl methyl sites for hydroxylation is 1. The Bertz CT molecular complexity index is 604. The van der Waals surface area contributed by atoms with Crippen molar-refractivity contribution in [1.29, 1.82) is 0 Å². The molecule has 19 heavy (non-hydrogen) atoms. The van der Waals surface area contributed by atoms with Crippen LogP contribution in [0.15, 0.2) is 35.3 Å². The van der Waals surface area contributed by atoms with Crippen molar-refractivity contribution in [2.24, 2.45) is 10.8 Å². The lowest BCUT2D eigenvalue weighted by molar-refractivity contribution is 0.819. The summed E-state index contributed by atoms with van der Waals surface area (Å²) in [7, 11) is 0. The maximum Gasteiger partial charge on any atom is 0.210 e. The predicted molar refractivity (Wildman–Crippen MR) is 80.0 cm³/mol. The first kappa shape index (κ1) is 13.3. The molecule has 0 bridgehead atoms. The number of benzene rings is 1. The molecular formula is C14H19N5. The zero-order chi connectivity index (χ0) is 13.8. The largest absolute Gasteiger partial charge is 0.323 e. The number of aliphatic imine (C=N–C) groups is 1. The maximum absolute atomic E-state index is 5.48. The molecule has 0 aliphatic carbocycles. The highest BCUT2D eigenvalue weighted by Crippen LogP contribution is 2.21. The molecule has 0 amide bonds. The minimum atomic E-state index is 0.156.